The highest BCUT2D eigenvalue weighted by Gasteiger charge is 2.34. The first-order valence-corrected chi connectivity index (χ1v) is 6.60. The van der Waals surface area contributed by atoms with Crippen molar-refractivity contribution in [3.05, 3.63) is 0 Å². The highest BCUT2D eigenvalue weighted by molar-refractivity contribution is 5.73. The first-order chi connectivity index (χ1) is 7.90. The number of hydrogen-bond donors (Lipinski definition) is 1. The van der Waals surface area contributed by atoms with E-state index < -0.39 is 11.4 Å². The van der Waals surface area contributed by atoms with Crippen LogP contribution in [-0.4, -0.2) is 59.6 Å². The summed E-state index contributed by atoms with van der Waals surface area (Å²) in [7, 11) is 0. The molecule has 4 heteroatoms. The fraction of sp³-hybridized carbons (Fsp3) is 0.923. The van der Waals surface area contributed by atoms with Crippen molar-refractivity contribution in [1.82, 2.24) is 9.80 Å². The van der Waals surface area contributed by atoms with Crippen molar-refractivity contribution in [1.29, 1.82) is 0 Å². The molecule has 0 aromatic heterocycles. The second kappa shape index (κ2) is 5.83. The van der Waals surface area contributed by atoms with Crippen molar-refractivity contribution in [2.75, 3.05) is 32.7 Å². The molecule has 0 bridgehead atoms. The molecule has 1 aliphatic rings. The van der Waals surface area contributed by atoms with Crippen LogP contribution in [-0.2, 0) is 4.79 Å². The van der Waals surface area contributed by atoms with Crippen LogP contribution in [0.5, 0.6) is 0 Å². The maximum Gasteiger partial charge on any atom is 0.310 e. The van der Waals surface area contributed by atoms with Crippen LogP contribution in [0.1, 0.15) is 34.1 Å². The topological polar surface area (TPSA) is 43.8 Å². The molecule has 1 rings (SSSR count). The molecular formula is C13H26N2O2. The predicted octanol–water partition coefficient (Wildman–Crippen LogP) is 1.51. The molecular weight excluding hydrogens is 216 g/mol. The summed E-state index contributed by atoms with van der Waals surface area (Å²) >= 11 is 0. The molecule has 0 aromatic rings. The van der Waals surface area contributed by atoms with Gasteiger partial charge in [-0.15, -0.1) is 0 Å². The molecule has 0 radical (unpaired) electrons. The summed E-state index contributed by atoms with van der Waals surface area (Å²) < 4.78 is 0. The first kappa shape index (κ1) is 14.5. The van der Waals surface area contributed by atoms with E-state index in [2.05, 4.69) is 23.6 Å². The molecule has 0 amide bonds. The number of aliphatic carboxylic acids is 1. The second-order valence-electron chi connectivity index (χ2n) is 5.59. The number of carbonyl (C=O) groups is 1. The van der Waals surface area contributed by atoms with Crippen molar-refractivity contribution >= 4 is 5.97 Å². The third kappa shape index (κ3) is 3.68. The molecule has 0 aliphatic carbocycles. The normalized spacial score (nSPS) is 22.3. The van der Waals surface area contributed by atoms with Crippen LogP contribution >= 0.6 is 0 Å². The summed E-state index contributed by atoms with van der Waals surface area (Å²) in [5.41, 5.74) is -0.641. The minimum Gasteiger partial charge on any atom is -0.481 e. The summed E-state index contributed by atoms with van der Waals surface area (Å²) in [5.74, 6) is -0.705. The Morgan fingerprint density at radius 3 is 2.47 bits per heavy atom. The summed E-state index contributed by atoms with van der Waals surface area (Å²) in [4.78, 5) is 15.9. The maximum absolute atomic E-state index is 11.1. The summed E-state index contributed by atoms with van der Waals surface area (Å²) in [6.45, 7) is 12.8. The van der Waals surface area contributed by atoms with Gasteiger partial charge < -0.3 is 10.0 Å². The molecule has 1 saturated heterocycles. The molecule has 4 nitrogen and oxygen atoms in total. The lowest BCUT2D eigenvalue weighted by molar-refractivity contribution is -0.147. The second-order valence-corrected chi connectivity index (χ2v) is 5.59. The van der Waals surface area contributed by atoms with Crippen LogP contribution < -0.4 is 0 Å². The van der Waals surface area contributed by atoms with Crippen molar-refractivity contribution < 1.29 is 9.90 Å². The summed E-state index contributed by atoms with van der Waals surface area (Å²) in [6, 6.07) is 0.606. The number of likely N-dealkylation sites (tertiary alicyclic amines) is 1. The van der Waals surface area contributed by atoms with Crippen molar-refractivity contribution in [2.24, 2.45) is 5.41 Å². The largest absolute Gasteiger partial charge is 0.481 e. The highest BCUT2D eigenvalue weighted by atomic mass is 16.4. The molecule has 1 N–H and O–H groups in total. The molecule has 1 atom stereocenters. The van der Waals surface area contributed by atoms with Crippen LogP contribution in [0.4, 0.5) is 0 Å². The zero-order chi connectivity index (χ0) is 13.1. The van der Waals surface area contributed by atoms with Gasteiger partial charge in [-0.2, -0.15) is 0 Å². The average Bonchev–Trinajstić information content (AvgIpc) is 2.67. The van der Waals surface area contributed by atoms with E-state index in [-0.39, 0.29) is 0 Å². The van der Waals surface area contributed by atoms with Crippen LogP contribution in [0.2, 0.25) is 0 Å². The number of nitrogens with zero attached hydrogens (tertiary/aromatic N) is 2. The Morgan fingerprint density at radius 2 is 2.00 bits per heavy atom. The lowest BCUT2D eigenvalue weighted by Gasteiger charge is -2.29. The van der Waals surface area contributed by atoms with E-state index in [0.717, 1.165) is 32.6 Å². The maximum atomic E-state index is 11.1. The zero-order valence-electron chi connectivity index (χ0n) is 11.6. The van der Waals surface area contributed by atoms with E-state index in [1.54, 1.807) is 13.8 Å². The molecule has 0 saturated carbocycles. The van der Waals surface area contributed by atoms with Crippen molar-refractivity contribution in [3.8, 4) is 0 Å². The number of carboxylic acid groups (broad SMARTS) is 1. The van der Waals surface area contributed by atoms with Gasteiger partial charge in [-0.05, 0) is 39.9 Å². The molecule has 0 aromatic carbocycles. The Morgan fingerprint density at radius 1 is 1.41 bits per heavy atom. The number of carboxylic acids is 1. The molecule has 17 heavy (non-hydrogen) atoms. The number of likely N-dealkylation sites (N-methyl/N-ethyl adjacent to an activating group) is 1. The van der Waals surface area contributed by atoms with Gasteiger partial charge in [-0.25, -0.2) is 0 Å². The van der Waals surface area contributed by atoms with Gasteiger partial charge in [-0.3, -0.25) is 9.69 Å². The van der Waals surface area contributed by atoms with Gasteiger partial charge in [0.2, 0.25) is 0 Å². The monoisotopic (exact) mass is 242 g/mol. The third-order valence-corrected chi connectivity index (χ3v) is 3.77. The Labute approximate surface area is 105 Å². The highest BCUT2D eigenvalue weighted by Crippen LogP contribution is 2.22. The minimum atomic E-state index is -0.705. The average molecular weight is 242 g/mol. The lowest BCUT2D eigenvalue weighted by Crippen LogP contribution is -2.41. The number of hydrogen-bond acceptors (Lipinski definition) is 3. The smallest absolute Gasteiger partial charge is 0.310 e. The molecule has 1 fully saturated rings. The standard InChI is InChI=1S/C13H26N2O2/c1-5-15(6-2)11-7-8-14(9-11)10-13(3,4)12(16)17/h11H,5-10H2,1-4H3,(H,16,17). The zero-order valence-corrected chi connectivity index (χ0v) is 11.6. The fourth-order valence-electron chi connectivity index (χ4n) is 2.62. The van der Waals surface area contributed by atoms with E-state index in [9.17, 15) is 4.79 Å². The Balaban J connectivity index is 2.48. The number of rotatable bonds is 6. The van der Waals surface area contributed by atoms with Crippen LogP contribution in [0.25, 0.3) is 0 Å². The van der Waals surface area contributed by atoms with Gasteiger partial charge in [0.25, 0.3) is 0 Å². The molecule has 100 valence electrons. The van der Waals surface area contributed by atoms with E-state index in [0.29, 0.717) is 12.6 Å². The predicted molar refractivity (Wildman–Crippen MR) is 69.2 cm³/mol. The van der Waals surface area contributed by atoms with Gasteiger partial charge in [0, 0.05) is 19.1 Å². The fourth-order valence-corrected chi connectivity index (χ4v) is 2.62. The molecule has 1 heterocycles. The summed E-state index contributed by atoms with van der Waals surface area (Å²) in [6.07, 6.45) is 1.16. The van der Waals surface area contributed by atoms with Gasteiger partial charge in [0.05, 0.1) is 5.41 Å². The van der Waals surface area contributed by atoms with Crippen LogP contribution in [0, 0.1) is 5.41 Å². The molecule has 1 unspecified atom stereocenters. The van der Waals surface area contributed by atoms with E-state index >= 15 is 0 Å². The molecule has 1 aliphatic heterocycles. The van der Waals surface area contributed by atoms with Gasteiger partial charge in [0.15, 0.2) is 0 Å². The lowest BCUT2D eigenvalue weighted by atomic mass is 9.93. The Hall–Kier alpha value is -0.610. The van der Waals surface area contributed by atoms with Crippen molar-refractivity contribution in [2.45, 2.75) is 40.2 Å². The molecule has 0 spiro atoms. The van der Waals surface area contributed by atoms with Gasteiger partial charge >= 0.3 is 5.97 Å². The Kier molecular flexibility index (Phi) is 4.95. The van der Waals surface area contributed by atoms with Crippen LogP contribution in [0.15, 0.2) is 0 Å². The third-order valence-electron chi connectivity index (χ3n) is 3.77. The SMILES string of the molecule is CCN(CC)C1CCN(CC(C)(C)C(=O)O)C1. The van der Waals surface area contributed by atoms with E-state index in [4.69, 9.17) is 5.11 Å². The van der Waals surface area contributed by atoms with Crippen molar-refractivity contribution in [3.63, 3.8) is 0 Å². The van der Waals surface area contributed by atoms with E-state index in [1.807, 2.05) is 0 Å². The quantitative estimate of drug-likeness (QED) is 0.767. The first-order valence-electron chi connectivity index (χ1n) is 6.60. The van der Waals surface area contributed by atoms with Crippen LogP contribution in [0.3, 0.4) is 0 Å². The minimum absolute atomic E-state index is 0.606. The van der Waals surface area contributed by atoms with Gasteiger partial charge in [-0.1, -0.05) is 13.8 Å². The summed E-state index contributed by atoms with van der Waals surface area (Å²) in [5, 5.41) is 9.13. The van der Waals surface area contributed by atoms with Gasteiger partial charge in [0.1, 0.15) is 0 Å². The van der Waals surface area contributed by atoms with E-state index in [1.165, 1.54) is 0 Å². The Bertz CT molecular complexity index is 262.